The first-order chi connectivity index (χ1) is 4.68. The van der Waals surface area contributed by atoms with Crippen molar-refractivity contribution in [2.75, 3.05) is 13.7 Å². The summed E-state index contributed by atoms with van der Waals surface area (Å²) in [5, 5.41) is 0. The van der Waals surface area contributed by atoms with Gasteiger partial charge in [-0.25, -0.2) is 0 Å². The smallest absolute Gasteiger partial charge is 0.0641 e. The highest BCUT2D eigenvalue weighted by Crippen LogP contribution is 1.82. The molecule has 1 heteroatoms. The molecule has 0 atom stereocenters. The Morgan fingerprint density at radius 1 is 1.50 bits per heavy atom. The number of rotatable bonds is 2. The zero-order chi connectivity index (χ0) is 8.41. The molecule has 0 heterocycles. The Balaban J connectivity index is 0. The van der Waals surface area contributed by atoms with E-state index < -0.39 is 0 Å². The monoisotopic (exact) mass is 142 g/mol. The van der Waals surface area contributed by atoms with Gasteiger partial charge >= 0.3 is 0 Å². The maximum atomic E-state index is 4.57. The molecule has 0 saturated heterocycles. The van der Waals surface area contributed by atoms with E-state index in [2.05, 4.69) is 31.2 Å². The van der Waals surface area contributed by atoms with E-state index in [0.29, 0.717) is 6.61 Å². The first-order valence-corrected chi connectivity index (χ1v) is 3.38. The second-order valence-corrected chi connectivity index (χ2v) is 2.11. The highest BCUT2D eigenvalue weighted by Gasteiger charge is 1.60. The molecule has 0 aliphatic carbocycles. The van der Waals surface area contributed by atoms with Gasteiger partial charge in [0.15, 0.2) is 0 Å². The molecule has 60 valence electrons. The van der Waals surface area contributed by atoms with Gasteiger partial charge < -0.3 is 4.74 Å². The average molecular weight is 142 g/mol. The zero-order valence-corrected chi connectivity index (χ0v) is 7.48. The predicted octanol–water partition coefficient (Wildman–Crippen LogP) is 2.79. The Morgan fingerprint density at radius 3 is 1.90 bits per heavy atom. The van der Waals surface area contributed by atoms with E-state index in [-0.39, 0.29) is 0 Å². The van der Waals surface area contributed by atoms with Gasteiger partial charge in [-0.2, -0.15) is 0 Å². The lowest BCUT2D eigenvalue weighted by Gasteiger charge is -1.79. The molecule has 0 rings (SSSR count). The Bertz CT molecular complexity index is 88.9. The molecule has 1 nitrogen and oxygen atoms in total. The molecular weight excluding hydrogens is 124 g/mol. The van der Waals surface area contributed by atoms with Crippen molar-refractivity contribution in [1.29, 1.82) is 0 Å². The summed E-state index contributed by atoms with van der Waals surface area (Å²) >= 11 is 0. The molecule has 0 aromatic rings. The van der Waals surface area contributed by atoms with E-state index in [1.165, 1.54) is 5.57 Å². The first kappa shape index (κ1) is 12.1. The molecule has 0 amide bonds. The van der Waals surface area contributed by atoms with Crippen LogP contribution in [0.25, 0.3) is 0 Å². The Hall–Kier alpha value is -0.560. The van der Waals surface area contributed by atoms with Gasteiger partial charge in [-0.3, -0.25) is 0 Å². The molecule has 0 aromatic carbocycles. The van der Waals surface area contributed by atoms with Crippen LogP contribution in [0.3, 0.4) is 0 Å². The number of hydrogen-bond donors (Lipinski definition) is 0. The Kier molecular flexibility index (Phi) is 13.7. The zero-order valence-electron chi connectivity index (χ0n) is 7.48. The topological polar surface area (TPSA) is 9.23 Å². The molecule has 0 saturated carbocycles. The summed E-state index contributed by atoms with van der Waals surface area (Å²) in [6.45, 7) is 10.3. The largest absolute Gasteiger partial charge is 0.381 e. The fourth-order valence-corrected chi connectivity index (χ4v) is 0.118. The van der Waals surface area contributed by atoms with Crippen LogP contribution in [0.4, 0.5) is 0 Å². The van der Waals surface area contributed by atoms with Crippen molar-refractivity contribution in [3.63, 3.8) is 0 Å². The molecule has 0 aliphatic heterocycles. The summed E-state index contributed by atoms with van der Waals surface area (Å²) in [5.41, 5.74) is 1.38. The maximum Gasteiger partial charge on any atom is 0.0641 e. The van der Waals surface area contributed by atoms with Gasteiger partial charge in [-0.1, -0.05) is 17.7 Å². The summed E-state index contributed by atoms with van der Waals surface area (Å²) in [6, 6.07) is 0. The van der Waals surface area contributed by atoms with Gasteiger partial charge in [0.2, 0.25) is 0 Å². The van der Waals surface area contributed by atoms with Crippen molar-refractivity contribution in [3.05, 3.63) is 24.3 Å². The van der Waals surface area contributed by atoms with Crippen molar-refractivity contribution in [2.45, 2.75) is 20.8 Å². The minimum atomic E-state index is 0.653. The highest BCUT2D eigenvalue weighted by atomic mass is 16.5. The summed E-state index contributed by atoms with van der Waals surface area (Å²) in [6.07, 6.45) is 3.79. The molecule has 0 aliphatic rings. The van der Waals surface area contributed by atoms with Crippen LogP contribution >= 0.6 is 0 Å². The van der Waals surface area contributed by atoms with E-state index in [1.807, 2.05) is 6.92 Å². The van der Waals surface area contributed by atoms with E-state index in [1.54, 1.807) is 13.2 Å². The SMILES string of the molecule is C=CCOC.CC=C(C)C. The van der Waals surface area contributed by atoms with E-state index >= 15 is 0 Å². The van der Waals surface area contributed by atoms with Crippen LogP contribution in [0, 0.1) is 0 Å². The van der Waals surface area contributed by atoms with Crippen molar-refractivity contribution < 1.29 is 4.74 Å². The highest BCUT2D eigenvalue weighted by molar-refractivity contribution is 4.88. The normalized spacial score (nSPS) is 7.20. The summed E-state index contributed by atoms with van der Waals surface area (Å²) in [5.74, 6) is 0. The maximum absolute atomic E-state index is 4.57. The van der Waals surface area contributed by atoms with Crippen molar-refractivity contribution in [1.82, 2.24) is 0 Å². The van der Waals surface area contributed by atoms with Crippen LogP contribution < -0.4 is 0 Å². The van der Waals surface area contributed by atoms with Crippen molar-refractivity contribution >= 4 is 0 Å². The number of hydrogen-bond acceptors (Lipinski definition) is 1. The van der Waals surface area contributed by atoms with Crippen LogP contribution in [-0.4, -0.2) is 13.7 Å². The van der Waals surface area contributed by atoms with Crippen LogP contribution in [0.1, 0.15) is 20.8 Å². The van der Waals surface area contributed by atoms with Gasteiger partial charge in [0, 0.05) is 7.11 Å². The summed E-state index contributed by atoms with van der Waals surface area (Å²) < 4.78 is 4.57. The lowest BCUT2D eigenvalue weighted by molar-refractivity contribution is 0.234. The lowest BCUT2D eigenvalue weighted by atomic mass is 10.3. The van der Waals surface area contributed by atoms with E-state index in [0.717, 1.165) is 0 Å². The van der Waals surface area contributed by atoms with Gasteiger partial charge in [0.05, 0.1) is 6.61 Å². The molecule has 0 radical (unpaired) electrons. The fraction of sp³-hybridized carbons (Fsp3) is 0.556. The van der Waals surface area contributed by atoms with Gasteiger partial charge in [0.1, 0.15) is 0 Å². The average Bonchev–Trinajstić information content (AvgIpc) is 1.91. The van der Waals surface area contributed by atoms with Crippen LogP contribution in [0.2, 0.25) is 0 Å². The van der Waals surface area contributed by atoms with Gasteiger partial charge in [-0.05, 0) is 20.8 Å². The number of ether oxygens (including phenoxy) is 1. The third kappa shape index (κ3) is 26.1. The molecule has 10 heavy (non-hydrogen) atoms. The molecule has 0 N–H and O–H groups in total. The second-order valence-electron chi connectivity index (χ2n) is 2.11. The Morgan fingerprint density at radius 2 is 1.90 bits per heavy atom. The second kappa shape index (κ2) is 11.3. The molecule has 0 fully saturated rings. The van der Waals surface area contributed by atoms with Gasteiger partial charge in [0.25, 0.3) is 0 Å². The van der Waals surface area contributed by atoms with E-state index in [9.17, 15) is 0 Å². The molecule has 0 bridgehead atoms. The van der Waals surface area contributed by atoms with Crippen molar-refractivity contribution in [3.8, 4) is 0 Å². The molecular formula is C9H18O. The third-order valence-electron chi connectivity index (χ3n) is 0.862. The third-order valence-corrected chi connectivity index (χ3v) is 0.862. The Labute approximate surface area is 64.4 Å². The lowest BCUT2D eigenvalue weighted by Crippen LogP contribution is -1.76. The quantitative estimate of drug-likeness (QED) is 0.539. The van der Waals surface area contributed by atoms with Crippen LogP contribution in [0.5, 0.6) is 0 Å². The standard InChI is InChI=1S/C5H10.C4H8O/c1-4-5(2)3;1-3-4-5-2/h4H,1-3H3;3H,1,4H2,2H3. The van der Waals surface area contributed by atoms with Gasteiger partial charge in [-0.15, -0.1) is 6.58 Å². The van der Waals surface area contributed by atoms with Crippen LogP contribution in [0.15, 0.2) is 24.3 Å². The first-order valence-electron chi connectivity index (χ1n) is 3.38. The summed E-state index contributed by atoms with van der Waals surface area (Å²) in [7, 11) is 1.64. The minimum Gasteiger partial charge on any atom is -0.381 e. The number of methoxy groups -OCH3 is 1. The summed E-state index contributed by atoms with van der Waals surface area (Å²) in [4.78, 5) is 0. The number of allylic oxidation sites excluding steroid dienone is 2. The molecule has 0 unspecified atom stereocenters. The van der Waals surface area contributed by atoms with Crippen LogP contribution in [-0.2, 0) is 4.74 Å². The minimum absolute atomic E-state index is 0.653. The molecule has 0 aromatic heterocycles. The predicted molar refractivity (Wildman–Crippen MR) is 47.2 cm³/mol. The van der Waals surface area contributed by atoms with Crippen molar-refractivity contribution in [2.24, 2.45) is 0 Å². The van der Waals surface area contributed by atoms with E-state index in [4.69, 9.17) is 0 Å². The molecule has 0 spiro atoms. The fourth-order valence-electron chi connectivity index (χ4n) is 0.118.